The standard InChI is InChI=1S/C32H26N4O2S2/c1-21-12-14-22(15-13-21)25-18-27(23-8-4-3-5-9-23)34-31(26(25)19-33)39-17-16-30(37)36-32-35-28(20-40-32)24-10-6-7-11-29(24)38-2/h3-15,18,20H,16-17H2,1-2H3,(H,35,36,37). The zero-order valence-electron chi connectivity index (χ0n) is 22.0. The Kier molecular flexibility index (Phi) is 8.55. The van der Waals surface area contributed by atoms with Crippen molar-refractivity contribution in [2.75, 3.05) is 18.2 Å². The number of anilines is 1. The van der Waals surface area contributed by atoms with Crippen LogP contribution in [0.1, 0.15) is 17.5 Å². The topological polar surface area (TPSA) is 87.9 Å². The number of carbonyl (C=O) groups excluding carboxylic acids is 1. The van der Waals surface area contributed by atoms with Crippen molar-refractivity contribution in [2.45, 2.75) is 18.4 Å². The van der Waals surface area contributed by atoms with Gasteiger partial charge in [-0.15, -0.1) is 23.1 Å². The highest BCUT2D eigenvalue weighted by molar-refractivity contribution is 7.99. The summed E-state index contributed by atoms with van der Waals surface area (Å²) in [4.78, 5) is 22.2. The Bertz CT molecular complexity index is 1680. The van der Waals surface area contributed by atoms with Crippen molar-refractivity contribution in [1.29, 1.82) is 5.26 Å². The number of hydrogen-bond acceptors (Lipinski definition) is 7. The Hall–Kier alpha value is -4.45. The zero-order valence-corrected chi connectivity index (χ0v) is 23.7. The van der Waals surface area contributed by atoms with E-state index < -0.39 is 0 Å². The number of pyridine rings is 1. The lowest BCUT2D eigenvalue weighted by Crippen LogP contribution is -2.12. The first-order valence-corrected chi connectivity index (χ1v) is 14.5. The van der Waals surface area contributed by atoms with Crippen LogP contribution < -0.4 is 10.1 Å². The fourth-order valence-corrected chi connectivity index (χ4v) is 5.86. The summed E-state index contributed by atoms with van der Waals surface area (Å²) in [6.07, 6.45) is 0.246. The maximum atomic E-state index is 12.8. The van der Waals surface area contributed by atoms with Gasteiger partial charge in [-0.1, -0.05) is 72.3 Å². The van der Waals surface area contributed by atoms with Crippen LogP contribution in [0.15, 0.2) is 95.3 Å². The van der Waals surface area contributed by atoms with E-state index in [0.717, 1.165) is 45.0 Å². The van der Waals surface area contributed by atoms with Crippen molar-refractivity contribution in [3.63, 3.8) is 0 Å². The maximum Gasteiger partial charge on any atom is 0.226 e. The molecule has 0 radical (unpaired) electrons. The summed E-state index contributed by atoms with van der Waals surface area (Å²) in [7, 11) is 1.62. The minimum absolute atomic E-state index is 0.148. The molecule has 1 N–H and O–H groups in total. The lowest BCUT2D eigenvalue weighted by atomic mass is 9.98. The minimum Gasteiger partial charge on any atom is -0.496 e. The largest absolute Gasteiger partial charge is 0.496 e. The summed E-state index contributed by atoms with van der Waals surface area (Å²) < 4.78 is 5.43. The van der Waals surface area contributed by atoms with Crippen molar-refractivity contribution in [3.05, 3.63) is 101 Å². The summed E-state index contributed by atoms with van der Waals surface area (Å²) in [6.45, 7) is 2.04. The van der Waals surface area contributed by atoms with E-state index in [1.54, 1.807) is 7.11 Å². The molecule has 5 rings (SSSR count). The van der Waals surface area contributed by atoms with Gasteiger partial charge in [0.15, 0.2) is 5.13 Å². The number of hydrogen-bond donors (Lipinski definition) is 1. The molecule has 198 valence electrons. The van der Waals surface area contributed by atoms with Crippen LogP contribution in [-0.2, 0) is 4.79 Å². The summed E-state index contributed by atoms with van der Waals surface area (Å²) in [5.74, 6) is 1.04. The Balaban J connectivity index is 1.32. The van der Waals surface area contributed by atoms with Gasteiger partial charge in [-0.25, -0.2) is 9.97 Å². The van der Waals surface area contributed by atoms with Crippen LogP contribution in [0, 0.1) is 18.3 Å². The van der Waals surface area contributed by atoms with Crippen LogP contribution in [0.3, 0.4) is 0 Å². The second-order valence-corrected chi connectivity index (χ2v) is 10.9. The summed E-state index contributed by atoms with van der Waals surface area (Å²) in [5, 5.41) is 16.0. The Morgan fingerprint density at radius 3 is 2.45 bits per heavy atom. The first-order valence-electron chi connectivity index (χ1n) is 12.6. The molecule has 8 heteroatoms. The monoisotopic (exact) mass is 562 g/mol. The molecule has 0 aliphatic rings. The number of thioether (sulfide) groups is 1. The van der Waals surface area contributed by atoms with Gasteiger partial charge in [0.1, 0.15) is 16.8 Å². The molecule has 0 aliphatic carbocycles. The van der Waals surface area contributed by atoms with Gasteiger partial charge in [-0.2, -0.15) is 5.26 Å². The van der Waals surface area contributed by atoms with Crippen molar-refractivity contribution >= 4 is 34.1 Å². The molecule has 0 bridgehead atoms. The summed E-state index contributed by atoms with van der Waals surface area (Å²) >= 11 is 2.78. The number of aryl methyl sites for hydroxylation is 1. The number of amides is 1. The van der Waals surface area contributed by atoms with Crippen molar-refractivity contribution < 1.29 is 9.53 Å². The van der Waals surface area contributed by atoms with Crippen LogP contribution in [-0.4, -0.2) is 28.7 Å². The number of para-hydroxylation sites is 1. The molecule has 5 aromatic rings. The molecule has 6 nitrogen and oxygen atoms in total. The number of nitrogens with zero attached hydrogens (tertiary/aromatic N) is 3. The second kappa shape index (κ2) is 12.6. The van der Waals surface area contributed by atoms with E-state index in [9.17, 15) is 10.1 Å². The van der Waals surface area contributed by atoms with Crippen LogP contribution in [0.2, 0.25) is 0 Å². The van der Waals surface area contributed by atoms with E-state index in [4.69, 9.17) is 9.72 Å². The van der Waals surface area contributed by atoms with Crippen molar-refractivity contribution in [3.8, 4) is 45.5 Å². The number of aromatic nitrogens is 2. The molecule has 3 aromatic carbocycles. The van der Waals surface area contributed by atoms with Crippen LogP contribution in [0.25, 0.3) is 33.6 Å². The molecule has 0 fully saturated rings. The fraction of sp³-hybridized carbons (Fsp3) is 0.125. The molecule has 0 atom stereocenters. The molecule has 0 spiro atoms. The summed E-state index contributed by atoms with van der Waals surface area (Å²) in [6, 6.07) is 30.0. The SMILES string of the molecule is COc1ccccc1-c1csc(NC(=O)CCSc2nc(-c3ccccc3)cc(-c3ccc(C)cc3)c2C#N)n1. The number of carbonyl (C=O) groups is 1. The van der Waals surface area contributed by atoms with Gasteiger partial charge in [0, 0.05) is 34.2 Å². The van der Waals surface area contributed by atoms with Gasteiger partial charge in [-0.05, 0) is 30.7 Å². The molecule has 2 heterocycles. The van der Waals surface area contributed by atoms with Gasteiger partial charge < -0.3 is 10.1 Å². The van der Waals surface area contributed by atoms with Crippen LogP contribution >= 0.6 is 23.1 Å². The van der Waals surface area contributed by atoms with Crippen molar-refractivity contribution in [1.82, 2.24) is 9.97 Å². The smallest absolute Gasteiger partial charge is 0.226 e. The first-order chi connectivity index (χ1) is 19.6. The van der Waals surface area contributed by atoms with Gasteiger partial charge in [0.25, 0.3) is 0 Å². The molecule has 0 saturated carbocycles. The van der Waals surface area contributed by atoms with E-state index in [0.29, 0.717) is 21.5 Å². The Morgan fingerprint density at radius 1 is 0.950 bits per heavy atom. The van der Waals surface area contributed by atoms with Gasteiger partial charge >= 0.3 is 0 Å². The lowest BCUT2D eigenvalue weighted by molar-refractivity contribution is -0.115. The maximum absolute atomic E-state index is 12.8. The van der Waals surface area contributed by atoms with Crippen molar-refractivity contribution in [2.24, 2.45) is 0 Å². The van der Waals surface area contributed by atoms with E-state index in [1.165, 1.54) is 23.1 Å². The number of ether oxygens (including phenoxy) is 1. The minimum atomic E-state index is -0.148. The third-order valence-electron chi connectivity index (χ3n) is 6.23. The number of rotatable bonds is 9. The third kappa shape index (κ3) is 6.23. The predicted octanol–water partition coefficient (Wildman–Crippen LogP) is 7.85. The lowest BCUT2D eigenvalue weighted by Gasteiger charge is -2.13. The molecule has 0 aliphatic heterocycles. The number of nitrogens with one attached hydrogen (secondary N) is 1. The summed E-state index contributed by atoms with van der Waals surface area (Å²) in [5.41, 5.74) is 6.81. The Labute approximate surface area is 241 Å². The highest BCUT2D eigenvalue weighted by atomic mass is 32.2. The molecule has 0 saturated heterocycles. The van der Waals surface area contributed by atoms with E-state index in [2.05, 4.69) is 16.4 Å². The molecule has 1 amide bonds. The van der Waals surface area contributed by atoms with Crippen LogP contribution in [0.4, 0.5) is 5.13 Å². The predicted molar refractivity (Wildman–Crippen MR) is 163 cm³/mol. The van der Waals surface area contributed by atoms with Gasteiger partial charge in [0.2, 0.25) is 5.91 Å². The molecule has 2 aromatic heterocycles. The number of thiazole rings is 1. The van der Waals surface area contributed by atoms with Gasteiger partial charge in [0.05, 0.1) is 24.1 Å². The normalized spacial score (nSPS) is 10.6. The second-order valence-electron chi connectivity index (χ2n) is 8.96. The van der Waals surface area contributed by atoms with E-state index in [-0.39, 0.29) is 12.3 Å². The average molecular weight is 563 g/mol. The number of benzene rings is 3. The molecule has 0 unspecified atom stereocenters. The highest BCUT2D eigenvalue weighted by Crippen LogP contribution is 2.35. The average Bonchev–Trinajstić information content (AvgIpc) is 3.45. The zero-order chi connectivity index (χ0) is 27.9. The van der Waals surface area contributed by atoms with Gasteiger partial charge in [-0.3, -0.25) is 4.79 Å². The van der Waals surface area contributed by atoms with E-state index in [1.807, 2.05) is 97.2 Å². The first kappa shape index (κ1) is 27.1. The van der Waals surface area contributed by atoms with Crippen LogP contribution in [0.5, 0.6) is 5.75 Å². The molecule has 40 heavy (non-hydrogen) atoms. The molecular formula is C32H26N4O2S2. The number of nitriles is 1. The third-order valence-corrected chi connectivity index (χ3v) is 7.97. The quantitative estimate of drug-likeness (QED) is 0.184. The molecular weight excluding hydrogens is 537 g/mol. The fourth-order valence-electron chi connectivity index (χ4n) is 4.19. The number of methoxy groups -OCH3 is 1. The highest BCUT2D eigenvalue weighted by Gasteiger charge is 2.17. The van der Waals surface area contributed by atoms with E-state index >= 15 is 0 Å². The Morgan fingerprint density at radius 2 is 1.70 bits per heavy atom.